The maximum Gasteiger partial charge on any atom is 0.134 e. The molecule has 2 nitrogen and oxygen atoms in total. The third-order valence-electron chi connectivity index (χ3n) is 9.92. The zero-order valence-corrected chi connectivity index (χ0v) is 25.3. The summed E-state index contributed by atoms with van der Waals surface area (Å²) >= 11 is 0. The predicted octanol–water partition coefficient (Wildman–Crippen LogP) is 11.8. The average molecular weight is 587 g/mol. The molecule has 46 heavy (non-hydrogen) atoms. The van der Waals surface area contributed by atoms with E-state index >= 15 is 0 Å². The fraction of sp³-hybridized carbons (Fsp3) is 0.0682. The largest absolute Gasteiger partial charge is 0.367 e. The van der Waals surface area contributed by atoms with Gasteiger partial charge in [-0.3, -0.25) is 0 Å². The summed E-state index contributed by atoms with van der Waals surface area (Å²) in [5.74, 6) is 0.992. The molecular weight excluding hydrogens is 556 g/mol. The van der Waals surface area contributed by atoms with Crippen molar-refractivity contribution in [2.24, 2.45) is 0 Å². The second kappa shape index (κ2) is 9.89. The van der Waals surface area contributed by atoms with Crippen LogP contribution in [0.5, 0.6) is 0 Å². The molecule has 0 radical (unpaired) electrons. The summed E-state index contributed by atoms with van der Waals surface area (Å²) in [4.78, 5) is 5.00. The lowest BCUT2D eigenvalue weighted by atomic mass is 9.82. The summed E-state index contributed by atoms with van der Waals surface area (Å²) in [5, 5.41) is 11.2. The molecule has 8 aromatic rings. The van der Waals surface area contributed by atoms with Crippen LogP contribution in [-0.4, -0.2) is 11.0 Å². The Balaban J connectivity index is 1.31. The molecule has 1 heterocycles. The Morgan fingerprint density at radius 3 is 1.57 bits per heavy atom. The van der Waals surface area contributed by atoms with E-state index < -0.39 is 0 Å². The van der Waals surface area contributed by atoms with Crippen LogP contribution in [0.4, 0.5) is 5.82 Å². The van der Waals surface area contributed by atoms with E-state index in [0.717, 1.165) is 5.82 Å². The van der Waals surface area contributed by atoms with Crippen molar-refractivity contribution in [2.45, 2.75) is 18.9 Å². The predicted molar refractivity (Wildman–Crippen MR) is 194 cm³/mol. The van der Waals surface area contributed by atoms with E-state index in [-0.39, 0.29) is 0 Å². The Morgan fingerprint density at radius 1 is 0.413 bits per heavy atom. The van der Waals surface area contributed by atoms with Crippen molar-refractivity contribution in [3.8, 4) is 55.6 Å². The summed E-state index contributed by atoms with van der Waals surface area (Å²) in [6.45, 7) is 0. The molecule has 216 valence electrons. The van der Waals surface area contributed by atoms with Crippen molar-refractivity contribution in [3.63, 3.8) is 0 Å². The lowest BCUT2D eigenvalue weighted by Gasteiger charge is -2.20. The van der Waals surface area contributed by atoms with Gasteiger partial charge >= 0.3 is 0 Å². The Bertz CT molecular complexity index is 2400. The highest BCUT2D eigenvalue weighted by Crippen LogP contribution is 2.58. The SMILES string of the molecule is c1ccc(-c2c3c(c(-c4ccccc4)c4ccccc24)-c2ccc(-c4cnc(NC5CC5)c5ccccc45)c4cccc-3c24)cc1. The lowest BCUT2D eigenvalue weighted by molar-refractivity contribution is 1.12. The molecule has 2 heteroatoms. The van der Waals surface area contributed by atoms with Crippen LogP contribution in [0.2, 0.25) is 0 Å². The van der Waals surface area contributed by atoms with Gasteiger partial charge in [-0.05, 0) is 89.8 Å². The van der Waals surface area contributed by atoms with E-state index in [1.165, 1.54) is 101 Å². The normalized spacial score (nSPS) is 13.4. The molecule has 1 aromatic heterocycles. The van der Waals surface area contributed by atoms with Gasteiger partial charge in [0.15, 0.2) is 0 Å². The average Bonchev–Trinajstić information content (AvgIpc) is 3.89. The van der Waals surface area contributed by atoms with Crippen molar-refractivity contribution >= 4 is 38.1 Å². The molecule has 0 bridgehead atoms. The quantitative estimate of drug-likeness (QED) is 0.217. The van der Waals surface area contributed by atoms with Crippen LogP contribution in [0.3, 0.4) is 0 Å². The Hall–Kier alpha value is -5.73. The van der Waals surface area contributed by atoms with Crippen molar-refractivity contribution in [3.05, 3.63) is 146 Å². The van der Waals surface area contributed by atoms with E-state index in [0.29, 0.717) is 6.04 Å². The first kappa shape index (κ1) is 25.6. The highest BCUT2D eigenvalue weighted by Gasteiger charge is 2.31. The molecule has 1 N–H and O–H groups in total. The molecule has 0 saturated heterocycles. The van der Waals surface area contributed by atoms with E-state index in [1.807, 2.05) is 0 Å². The molecule has 2 aliphatic carbocycles. The van der Waals surface area contributed by atoms with Gasteiger partial charge in [0.05, 0.1) is 0 Å². The fourth-order valence-corrected chi connectivity index (χ4v) is 7.79. The Labute approximate surface area is 268 Å². The van der Waals surface area contributed by atoms with Gasteiger partial charge in [-0.1, -0.05) is 140 Å². The Kier molecular flexibility index (Phi) is 5.50. The standard InChI is InChI=1S/C44H30N2/c1-3-12-27(13-4-1)39-33-17-8-9-18-34(33)40(28-14-5-2-6-15-28)43-37-25-24-31(32-20-11-21-36(41(32)37)42(39)43)38-26-45-44(46-29-22-23-29)35-19-10-7-16-30(35)38/h1-21,24-26,29H,22-23H2,(H,45,46). The van der Waals surface area contributed by atoms with Gasteiger partial charge in [0.2, 0.25) is 0 Å². The fourth-order valence-electron chi connectivity index (χ4n) is 7.79. The van der Waals surface area contributed by atoms with E-state index in [9.17, 15) is 0 Å². The van der Waals surface area contributed by atoms with Crippen LogP contribution >= 0.6 is 0 Å². The number of anilines is 1. The molecule has 0 amide bonds. The smallest absolute Gasteiger partial charge is 0.134 e. The lowest BCUT2D eigenvalue weighted by Crippen LogP contribution is -2.03. The highest BCUT2D eigenvalue weighted by molar-refractivity contribution is 6.29. The number of hydrogen-bond donors (Lipinski definition) is 1. The minimum absolute atomic E-state index is 0.546. The first-order valence-corrected chi connectivity index (χ1v) is 16.3. The van der Waals surface area contributed by atoms with Crippen LogP contribution in [-0.2, 0) is 0 Å². The van der Waals surface area contributed by atoms with Crippen LogP contribution < -0.4 is 5.32 Å². The second-order valence-corrected chi connectivity index (χ2v) is 12.7. The van der Waals surface area contributed by atoms with Crippen LogP contribution in [0.25, 0.3) is 88.0 Å². The van der Waals surface area contributed by atoms with Gasteiger partial charge in [0, 0.05) is 23.2 Å². The van der Waals surface area contributed by atoms with Gasteiger partial charge in [-0.2, -0.15) is 0 Å². The van der Waals surface area contributed by atoms with Crippen molar-refractivity contribution < 1.29 is 0 Å². The molecule has 1 saturated carbocycles. The topological polar surface area (TPSA) is 24.9 Å². The monoisotopic (exact) mass is 586 g/mol. The first-order chi connectivity index (χ1) is 22.8. The molecule has 0 unspecified atom stereocenters. The third-order valence-corrected chi connectivity index (χ3v) is 9.92. The summed E-state index contributed by atoms with van der Waals surface area (Å²) in [6.07, 6.45) is 4.52. The maximum atomic E-state index is 5.00. The zero-order chi connectivity index (χ0) is 30.2. The molecule has 2 aliphatic rings. The summed E-state index contributed by atoms with van der Waals surface area (Å²) < 4.78 is 0. The van der Waals surface area contributed by atoms with E-state index in [1.54, 1.807) is 0 Å². The molecule has 0 spiro atoms. The van der Waals surface area contributed by atoms with Gasteiger partial charge in [-0.15, -0.1) is 0 Å². The van der Waals surface area contributed by atoms with Gasteiger partial charge in [0.1, 0.15) is 5.82 Å². The van der Waals surface area contributed by atoms with Gasteiger partial charge in [-0.25, -0.2) is 4.98 Å². The molecule has 0 atom stereocenters. The number of benzene rings is 7. The van der Waals surface area contributed by atoms with Crippen molar-refractivity contribution in [2.75, 3.05) is 5.32 Å². The second-order valence-electron chi connectivity index (χ2n) is 12.7. The summed E-state index contributed by atoms with van der Waals surface area (Å²) in [6, 6.07) is 51.7. The minimum atomic E-state index is 0.546. The van der Waals surface area contributed by atoms with E-state index in [4.69, 9.17) is 4.98 Å². The number of rotatable bonds is 5. The van der Waals surface area contributed by atoms with Crippen LogP contribution in [0.15, 0.2) is 146 Å². The number of hydrogen-bond acceptors (Lipinski definition) is 2. The van der Waals surface area contributed by atoms with Gasteiger partial charge < -0.3 is 5.32 Å². The molecule has 10 rings (SSSR count). The number of fused-ring (bicyclic) bond motifs is 5. The maximum absolute atomic E-state index is 5.00. The van der Waals surface area contributed by atoms with Crippen LogP contribution in [0.1, 0.15) is 12.8 Å². The van der Waals surface area contributed by atoms with Gasteiger partial charge in [0.25, 0.3) is 0 Å². The van der Waals surface area contributed by atoms with Crippen molar-refractivity contribution in [1.82, 2.24) is 4.98 Å². The summed E-state index contributed by atoms with van der Waals surface area (Å²) in [7, 11) is 0. The molecule has 1 fully saturated rings. The minimum Gasteiger partial charge on any atom is -0.367 e. The highest BCUT2D eigenvalue weighted by atomic mass is 15.0. The number of nitrogens with one attached hydrogen (secondary N) is 1. The zero-order valence-electron chi connectivity index (χ0n) is 25.3. The molecular formula is C44H30N2. The van der Waals surface area contributed by atoms with Crippen LogP contribution in [0, 0.1) is 0 Å². The molecule has 7 aromatic carbocycles. The first-order valence-electron chi connectivity index (χ1n) is 16.3. The van der Waals surface area contributed by atoms with Crippen molar-refractivity contribution in [1.29, 1.82) is 0 Å². The summed E-state index contributed by atoms with van der Waals surface area (Å²) in [5.41, 5.74) is 12.8. The third kappa shape index (κ3) is 3.74. The molecule has 0 aliphatic heterocycles. The number of nitrogens with zero attached hydrogens (tertiary/aromatic N) is 1. The van der Waals surface area contributed by atoms with E-state index in [2.05, 4.69) is 151 Å². The number of pyridine rings is 1. The Morgan fingerprint density at radius 2 is 0.935 bits per heavy atom. The number of aromatic nitrogens is 1.